The number of hydrogen-bond acceptors (Lipinski definition) is 4. The van der Waals surface area contributed by atoms with Crippen molar-refractivity contribution >= 4 is 5.91 Å². The third-order valence-corrected chi connectivity index (χ3v) is 5.02. The molecule has 3 N–H and O–H groups in total. The Bertz CT molecular complexity index is 918. The second kappa shape index (κ2) is 6.45. The van der Waals surface area contributed by atoms with Gasteiger partial charge in [-0.15, -0.1) is 0 Å². The summed E-state index contributed by atoms with van der Waals surface area (Å²) in [4.78, 5) is 12.8. The van der Waals surface area contributed by atoms with Gasteiger partial charge < -0.3 is 15.0 Å². The number of hydrogen-bond donors (Lipinski definition) is 3. The van der Waals surface area contributed by atoms with E-state index in [0.717, 1.165) is 17.0 Å². The number of aliphatic hydroxyl groups excluding tert-OH is 1. The molecule has 3 aromatic heterocycles. The van der Waals surface area contributed by atoms with Crippen molar-refractivity contribution in [2.24, 2.45) is 20.0 Å². The molecule has 0 saturated heterocycles. The molecule has 0 aliphatic heterocycles. The lowest BCUT2D eigenvalue weighted by Crippen LogP contribution is -2.41. The van der Waals surface area contributed by atoms with Gasteiger partial charge in [-0.1, -0.05) is 0 Å². The number of carbonyl (C=O) groups excluding carboxylic acids is 1. The van der Waals surface area contributed by atoms with Crippen LogP contribution in [0.15, 0.2) is 36.8 Å². The molecule has 1 fully saturated rings. The number of aliphatic hydroxyl groups is 1. The maximum absolute atomic E-state index is 12.8. The number of carbonyl (C=O) groups is 1. The molecule has 8 nitrogen and oxygen atoms in total. The van der Waals surface area contributed by atoms with Crippen molar-refractivity contribution in [2.75, 3.05) is 0 Å². The van der Waals surface area contributed by atoms with Crippen LogP contribution in [0.5, 0.6) is 0 Å². The van der Waals surface area contributed by atoms with Crippen LogP contribution in [0.1, 0.15) is 34.9 Å². The molecule has 0 radical (unpaired) electrons. The topological polar surface area (TPSA) is 101 Å². The third-order valence-electron chi connectivity index (χ3n) is 5.02. The molecule has 0 spiro atoms. The fourth-order valence-electron chi connectivity index (χ4n) is 3.49. The summed E-state index contributed by atoms with van der Waals surface area (Å²) < 4.78 is 3.67. The van der Waals surface area contributed by atoms with Gasteiger partial charge in [0.15, 0.2) is 0 Å². The van der Waals surface area contributed by atoms with E-state index < -0.39 is 0 Å². The van der Waals surface area contributed by atoms with Crippen LogP contribution >= 0.6 is 0 Å². The number of amides is 1. The first-order chi connectivity index (χ1) is 12.5. The Morgan fingerprint density at radius 3 is 2.85 bits per heavy atom. The Balaban J connectivity index is 1.53. The molecule has 8 heteroatoms. The van der Waals surface area contributed by atoms with E-state index in [9.17, 15) is 9.90 Å². The quantitative estimate of drug-likeness (QED) is 0.644. The number of nitrogens with one attached hydrogen (secondary N) is 2. The van der Waals surface area contributed by atoms with E-state index in [1.165, 1.54) is 0 Å². The number of aromatic amines is 1. The molecule has 1 unspecified atom stereocenters. The van der Waals surface area contributed by atoms with E-state index in [2.05, 4.69) is 20.6 Å². The minimum Gasteiger partial charge on any atom is -0.393 e. The zero-order chi connectivity index (χ0) is 18.3. The van der Waals surface area contributed by atoms with E-state index in [1.54, 1.807) is 16.9 Å². The van der Waals surface area contributed by atoms with Crippen LogP contribution in [0.25, 0.3) is 11.4 Å². The van der Waals surface area contributed by atoms with Gasteiger partial charge in [0.1, 0.15) is 11.4 Å². The van der Waals surface area contributed by atoms with Crippen molar-refractivity contribution in [2.45, 2.75) is 25.0 Å². The highest BCUT2D eigenvalue weighted by molar-refractivity contribution is 5.93. The predicted molar refractivity (Wildman–Crippen MR) is 95.1 cm³/mol. The summed E-state index contributed by atoms with van der Waals surface area (Å²) in [5.41, 5.74) is 3.01. The molecule has 1 saturated carbocycles. The first-order valence-electron chi connectivity index (χ1n) is 8.66. The maximum Gasteiger partial charge on any atom is 0.269 e. The Morgan fingerprint density at radius 1 is 1.42 bits per heavy atom. The summed E-state index contributed by atoms with van der Waals surface area (Å²) >= 11 is 0. The molecule has 26 heavy (non-hydrogen) atoms. The van der Waals surface area contributed by atoms with Crippen LogP contribution in [0.2, 0.25) is 0 Å². The van der Waals surface area contributed by atoms with Gasteiger partial charge in [0.05, 0.1) is 24.0 Å². The smallest absolute Gasteiger partial charge is 0.269 e. The van der Waals surface area contributed by atoms with Crippen LogP contribution in [0.3, 0.4) is 0 Å². The second-order valence-electron chi connectivity index (χ2n) is 6.95. The van der Waals surface area contributed by atoms with Gasteiger partial charge in [-0.3, -0.25) is 14.6 Å². The van der Waals surface area contributed by atoms with Gasteiger partial charge in [0.2, 0.25) is 0 Å². The summed E-state index contributed by atoms with van der Waals surface area (Å²) in [6.07, 6.45) is 6.67. The molecule has 3 heterocycles. The first kappa shape index (κ1) is 16.6. The van der Waals surface area contributed by atoms with Gasteiger partial charge in [-0.2, -0.15) is 10.2 Å². The molecule has 136 valence electrons. The van der Waals surface area contributed by atoms with E-state index in [-0.39, 0.29) is 24.0 Å². The lowest BCUT2D eigenvalue weighted by molar-refractivity contribution is 0.0234. The van der Waals surface area contributed by atoms with Crippen LogP contribution in [0.4, 0.5) is 0 Å². The highest BCUT2D eigenvalue weighted by atomic mass is 16.3. The normalized spacial score (nSPS) is 20.6. The fraction of sp³-hybridized carbons (Fsp3) is 0.389. The summed E-state index contributed by atoms with van der Waals surface area (Å²) in [5.74, 6) is -0.0124. The Morgan fingerprint density at radius 2 is 2.23 bits per heavy atom. The second-order valence-corrected chi connectivity index (χ2v) is 6.95. The van der Waals surface area contributed by atoms with Crippen molar-refractivity contribution in [3.05, 3.63) is 48.0 Å². The maximum atomic E-state index is 12.8. The van der Waals surface area contributed by atoms with Crippen LogP contribution in [0, 0.1) is 5.92 Å². The largest absolute Gasteiger partial charge is 0.393 e. The third kappa shape index (κ3) is 3.03. The summed E-state index contributed by atoms with van der Waals surface area (Å²) in [6, 6.07) is 5.46. The average molecular weight is 354 g/mol. The van der Waals surface area contributed by atoms with E-state index in [4.69, 9.17) is 0 Å². The molecule has 1 atom stereocenters. The first-order valence-corrected chi connectivity index (χ1v) is 8.66. The summed E-state index contributed by atoms with van der Waals surface area (Å²) in [7, 11) is 3.78. The number of H-pyrrole nitrogens is 1. The monoisotopic (exact) mass is 354 g/mol. The van der Waals surface area contributed by atoms with Gasteiger partial charge in [-0.05, 0) is 37.0 Å². The minimum absolute atomic E-state index is 0.179. The van der Waals surface area contributed by atoms with Crippen LogP contribution in [-0.4, -0.2) is 41.7 Å². The number of nitrogens with zero attached hydrogens (tertiary/aromatic N) is 4. The number of aryl methyl sites for hydroxylation is 2. The van der Waals surface area contributed by atoms with Gasteiger partial charge >= 0.3 is 0 Å². The van der Waals surface area contributed by atoms with Crippen molar-refractivity contribution < 1.29 is 9.90 Å². The summed E-state index contributed by atoms with van der Waals surface area (Å²) in [6.45, 7) is 0. The fourth-order valence-corrected chi connectivity index (χ4v) is 3.49. The van der Waals surface area contributed by atoms with Gasteiger partial charge in [0, 0.05) is 32.1 Å². The Hall–Kier alpha value is -2.87. The molecule has 1 aliphatic rings. The molecule has 0 bridgehead atoms. The van der Waals surface area contributed by atoms with Gasteiger partial charge in [0.25, 0.3) is 5.91 Å². The molecule has 3 aromatic rings. The molecule has 1 amide bonds. The molecule has 4 rings (SSSR count). The summed E-state index contributed by atoms with van der Waals surface area (Å²) in [5, 5.41) is 24.0. The van der Waals surface area contributed by atoms with Crippen LogP contribution in [-0.2, 0) is 14.1 Å². The molecule has 0 aromatic carbocycles. The average Bonchev–Trinajstić information content (AvgIpc) is 3.30. The highest BCUT2D eigenvalue weighted by Gasteiger charge is 2.36. The van der Waals surface area contributed by atoms with Crippen LogP contribution < -0.4 is 5.32 Å². The van der Waals surface area contributed by atoms with E-state index in [1.807, 2.05) is 43.2 Å². The lowest BCUT2D eigenvalue weighted by Gasteiger charge is -2.37. The van der Waals surface area contributed by atoms with Crippen molar-refractivity contribution in [1.82, 2.24) is 29.9 Å². The minimum atomic E-state index is -0.285. The zero-order valence-electron chi connectivity index (χ0n) is 14.8. The lowest BCUT2D eigenvalue weighted by atomic mass is 9.75. The van der Waals surface area contributed by atoms with Crippen molar-refractivity contribution in [1.29, 1.82) is 0 Å². The van der Waals surface area contributed by atoms with Crippen molar-refractivity contribution in [3.8, 4) is 11.4 Å². The highest BCUT2D eigenvalue weighted by Crippen LogP contribution is 2.38. The predicted octanol–water partition coefficient (Wildman–Crippen LogP) is 1.39. The van der Waals surface area contributed by atoms with E-state index in [0.29, 0.717) is 18.5 Å². The van der Waals surface area contributed by atoms with E-state index >= 15 is 0 Å². The van der Waals surface area contributed by atoms with Gasteiger partial charge in [-0.25, -0.2) is 0 Å². The Kier molecular flexibility index (Phi) is 4.12. The number of rotatable bonds is 5. The SMILES string of the molecule is Cn1cc(C(NC(=O)c2cc(-c3cccn3C)n[nH]2)C2CC(O)C2)cn1. The molecule has 1 aliphatic carbocycles. The Labute approximate surface area is 150 Å². The number of aromatic nitrogens is 5. The zero-order valence-corrected chi connectivity index (χ0v) is 14.8. The standard InChI is InChI=1S/C18H22N6O2/c1-23-5-3-4-16(23)14-8-15(22-21-14)18(26)20-17(11-6-13(25)7-11)12-9-19-24(2)10-12/h3-5,8-11,13,17,25H,6-7H2,1-2H3,(H,20,26)(H,21,22). The molecular weight excluding hydrogens is 332 g/mol. The van der Waals surface area contributed by atoms with Crippen molar-refractivity contribution in [3.63, 3.8) is 0 Å². The molecular formula is C18H22N6O2.